The molecule has 1 N–H and O–H groups in total. The van der Waals surface area contributed by atoms with Crippen molar-refractivity contribution in [1.82, 2.24) is 0 Å². The van der Waals surface area contributed by atoms with Gasteiger partial charge in [0.05, 0.1) is 11.3 Å². The number of nitrogens with one attached hydrogen (secondary N) is 1. The van der Waals surface area contributed by atoms with Crippen molar-refractivity contribution >= 4 is 11.4 Å². The zero-order valence-corrected chi connectivity index (χ0v) is 13.0. The molecule has 2 fully saturated rings. The monoisotopic (exact) mass is 292 g/mol. The number of hydrogen-bond donors (Lipinski definition) is 1. The van der Waals surface area contributed by atoms with Gasteiger partial charge in [-0.15, -0.1) is 0 Å². The predicted molar refractivity (Wildman–Crippen MR) is 84.5 cm³/mol. The molecule has 21 heavy (non-hydrogen) atoms. The van der Waals surface area contributed by atoms with Crippen LogP contribution < -0.4 is 10.2 Å². The fraction of sp³-hybridized carbons (Fsp3) is 0.647. The molecular weight excluding hydrogens is 267 g/mol. The Kier molecular flexibility index (Phi) is 4.07. The average molecular weight is 292 g/mol. The first kappa shape index (κ1) is 14.6. The third-order valence-electron chi connectivity index (χ3n) is 4.46. The van der Waals surface area contributed by atoms with Gasteiger partial charge in [0.25, 0.3) is 0 Å². The minimum atomic E-state index is -0.117. The van der Waals surface area contributed by atoms with E-state index >= 15 is 0 Å². The van der Waals surface area contributed by atoms with Gasteiger partial charge in [0, 0.05) is 31.4 Å². The van der Waals surface area contributed by atoms with E-state index < -0.39 is 0 Å². The second-order valence-electron chi connectivity index (χ2n) is 6.80. The molecule has 2 aliphatic rings. The minimum absolute atomic E-state index is 0.0933. The maximum atomic E-state index is 14.3. The van der Waals surface area contributed by atoms with E-state index in [0.29, 0.717) is 6.04 Å². The summed E-state index contributed by atoms with van der Waals surface area (Å²) in [5, 5.41) is 3.46. The Morgan fingerprint density at radius 1 is 1.29 bits per heavy atom. The van der Waals surface area contributed by atoms with Gasteiger partial charge in [-0.05, 0) is 57.7 Å². The first-order valence-corrected chi connectivity index (χ1v) is 7.98. The molecule has 0 spiro atoms. The molecule has 0 saturated carbocycles. The lowest BCUT2D eigenvalue weighted by Gasteiger charge is -2.36. The Balaban J connectivity index is 1.67. The zero-order chi connectivity index (χ0) is 14.9. The van der Waals surface area contributed by atoms with E-state index in [-0.39, 0.29) is 11.4 Å². The van der Waals surface area contributed by atoms with E-state index in [2.05, 4.69) is 24.1 Å². The SMILES string of the molecule is CC1(C)CC(Nc2ccc(N3CCCC3)c(F)c2)CCO1. The first-order valence-electron chi connectivity index (χ1n) is 7.98. The zero-order valence-electron chi connectivity index (χ0n) is 13.0. The van der Waals surface area contributed by atoms with Gasteiger partial charge in [0.1, 0.15) is 5.82 Å². The lowest BCUT2D eigenvalue weighted by Crippen LogP contribution is -2.40. The summed E-state index contributed by atoms with van der Waals surface area (Å²) >= 11 is 0. The third-order valence-corrected chi connectivity index (χ3v) is 4.46. The molecule has 3 nitrogen and oxygen atoms in total. The van der Waals surface area contributed by atoms with Gasteiger partial charge in [0.15, 0.2) is 0 Å². The highest BCUT2D eigenvalue weighted by molar-refractivity contribution is 5.57. The molecule has 116 valence electrons. The summed E-state index contributed by atoms with van der Waals surface area (Å²) in [6, 6.07) is 5.90. The van der Waals surface area contributed by atoms with Crippen LogP contribution >= 0.6 is 0 Å². The Morgan fingerprint density at radius 2 is 2.05 bits per heavy atom. The second kappa shape index (κ2) is 5.84. The molecule has 1 atom stereocenters. The number of nitrogens with zero attached hydrogens (tertiary/aromatic N) is 1. The van der Waals surface area contributed by atoms with Crippen molar-refractivity contribution in [3.63, 3.8) is 0 Å². The van der Waals surface area contributed by atoms with Crippen LogP contribution in [0, 0.1) is 5.82 Å². The van der Waals surface area contributed by atoms with Gasteiger partial charge in [-0.25, -0.2) is 4.39 Å². The van der Waals surface area contributed by atoms with Crippen LogP contribution in [0.5, 0.6) is 0 Å². The highest BCUT2D eigenvalue weighted by Crippen LogP contribution is 2.29. The Labute approximate surface area is 126 Å². The van der Waals surface area contributed by atoms with Crippen molar-refractivity contribution in [2.45, 2.75) is 51.2 Å². The molecule has 0 bridgehead atoms. The molecule has 1 aromatic carbocycles. The van der Waals surface area contributed by atoms with Crippen LogP contribution in [0.4, 0.5) is 15.8 Å². The normalized spacial score (nSPS) is 25.1. The van der Waals surface area contributed by atoms with Crippen molar-refractivity contribution in [3.8, 4) is 0 Å². The number of benzene rings is 1. The van der Waals surface area contributed by atoms with E-state index in [1.54, 1.807) is 6.07 Å². The van der Waals surface area contributed by atoms with Gasteiger partial charge in [0.2, 0.25) is 0 Å². The van der Waals surface area contributed by atoms with E-state index in [1.807, 2.05) is 12.1 Å². The third kappa shape index (κ3) is 3.49. The lowest BCUT2D eigenvalue weighted by atomic mass is 9.94. The van der Waals surface area contributed by atoms with Gasteiger partial charge in [-0.3, -0.25) is 0 Å². The van der Waals surface area contributed by atoms with E-state index in [4.69, 9.17) is 4.74 Å². The Bertz CT molecular complexity index is 498. The average Bonchev–Trinajstić information content (AvgIpc) is 2.91. The number of rotatable bonds is 3. The van der Waals surface area contributed by atoms with Crippen LogP contribution in [0.2, 0.25) is 0 Å². The van der Waals surface area contributed by atoms with Crippen molar-refractivity contribution in [1.29, 1.82) is 0 Å². The van der Waals surface area contributed by atoms with Crippen LogP contribution in [-0.4, -0.2) is 31.3 Å². The van der Waals surface area contributed by atoms with Crippen LogP contribution in [0.15, 0.2) is 18.2 Å². The maximum absolute atomic E-state index is 14.3. The molecule has 0 radical (unpaired) electrons. The quantitative estimate of drug-likeness (QED) is 0.917. The molecule has 1 unspecified atom stereocenters. The standard InChI is InChI=1S/C17H25FN2O/c1-17(2)12-14(7-10-21-17)19-13-5-6-16(15(18)11-13)20-8-3-4-9-20/h5-6,11,14,19H,3-4,7-10,12H2,1-2H3. The van der Waals surface area contributed by atoms with Crippen LogP contribution in [0.1, 0.15) is 39.5 Å². The summed E-state index contributed by atoms with van der Waals surface area (Å²) in [4.78, 5) is 2.14. The smallest absolute Gasteiger partial charge is 0.148 e. The number of halogens is 1. The largest absolute Gasteiger partial charge is 0.382 e. The molecule has 2 saturated heterocycles. The Hall–Kier alpha value is -1.29. The molecule has 2 aliphatic heterocycles. The summed E-state index contributed by atoms with van der Waals surface area (Å²) in [5.74, 6) is -0.117. The molecule has 0 aromatic heterocycles. The number of anilines is 2. The van der Waals surface area contributed by atoms with E-state index in [1.165, 1.54) is 0 Å². The molecule has 4 heteroatoms. The van der Waals surface area contributed by atoms with Crippen molar-refractivity contribution in [2.75, 3.05) is 29.9 Å². The summed E-state index contributed by atoms with van der Waals surface area (Å²) < 4.78 is 20.0. The van der Waals surface area contributed by atoms with Gasteiger partial charge in [-0.1, -0.05) is 0 Å². The Morgan fingerprint density at radius 3 is 2.71 bits per heavy atom. The summed E-state index contributed by atoms with van der Waals surface area (Å²) in [6.07, 6.45) is 4.24. The minimum Gasteiger partial charge on any atom is -0.382 e. The fourth-order valence-corrected chi connectivity index (χ4v) is 3.40. The summed E-state index contributed by atoms with van der Waals surface area (Å²) in [6.45, 7) is 6.92. The van der Waals surface area contributed by atoms with E-state index in [0.717, 1.165) is 56.8 Å². The topological polar surface area (TPSA) is 24.5 Å². The van der Waals surface area contributed by atoms with E-state index in [9.17, 15) is 4.39 Å². The molecule has 0 aliphatic carbocycles. The van der Waals surface area contributed by atoms with Gasteiger partial charge >= 0.3 is 0 Å². The highest BCUT2D eigenvalue weighted by Gasteiger charge is 2.28. The predicted octanol–water partition coefficient (Wildman–Crippen LogP) is 3.80. The molecular formula is C17H25FN2O. The lowest BCUT2D eigenvalue weighted by molar-refractivity contribution is -0.0553. The first-order chi connectivity index (χ1) is 10.0. The number of ether oxygens (including phenoxy) is 1. The highest BCUT2D eigenvalue weighted by atomic mass is 19.1. The molecule has 1 aromatic rings. The van der Waals surface area contributed by atoms with Gasteiger partial charge < -0.3 is 15.0 Å². The summed E-state index contributed by atoms with van der Waals surface area (Å²) in [7, 11) is 0. The van der Waals surface area contributed by atoms with Gasteiger partial charge in [-0.2, -0.15) is 0 Å². The fourth-order valence-electron chi connectivity index (χ4n) is 3.40. The molecule has 0 amide bonds. The van der Waals surface area contributed by atoms with Crippen molar-refractivity contribution < 1.29 is 9.13 Å². The summed E-state index contributed by atoms with van der Waals surface area (Å²) in [5.41, 5.74) is 1.52. The van der Waals surface area contributed by atoms with Crippen LogP contribution in [-0.2, 0) is 4.74 Å². The van der Waals surface area contributed by atoms with Crippen molar-refractivity contribution in [3.05, 3.63) is 24.0 Å². The van der Waals surface area contributed by atoms with Crippen LogP contribution in [0.3, 0.4) is 0 Å². The van der Waals surface area contributed by atoms with Crippen molar-refractivity contribution in [2.24, 2.45) is 0 Å². The molecule has 3 rings (SSSR count). The second-order valence-corrected chi connectivity index (χ2v) is 6.80. The molecule has 2 heterocycles. The maximum Gasteiger partial charge on any atom is 0.148 e. The number of hydrogen-bond acceptors (Lipinski definition) is 3. The van der Waals surface area contributed by atoms with Crippen LogP contribution in [0.25, 0.3) is 0 Å².